The van der Waals surface area contributed by atoms with Crippen LogP contribution in [0.2, 0.25) is 10.0 Å². The Morgan fingerprint density at radius 2 is 1.86 bits per heavy atom. The first-order valence-corrected chi connectivity index (χ1v) is 7.79. The van der Waals surface area contributed by atoms with Gasteiger partial charge in [-0.1, -0.05) is 54.4 Å². The van der Waals surface area contributed by atoms with Crippen molar-refractivity contribution in [2.45, 2.75) is 25.8 Å². The summed E-state index contributed by atoms with van der Waals surface area (Å²) in [6, 6.07) is 12.3. The van der Waals surface area contributed by atoms with E-state index in [1.807, 2.05) is 24.3 Å². The van der Waals surface area contributed by atoms with Gasteiger partial charge in [-0.2, -0.15) is 0 Å². The van der Waals surface area contributed by atoms with Crippen LogP contribution in [0.3, 0.4) is 0 Å². The van der Waals surface area contributed by atoms with Crippen LogP contribution in [0, 0.1) is 5.82 Å². The maximum Gasteiger partial charge on any atom is 0.124 e. The Morgan fingerprint density at radius 1 is 1.10 bits per heavy atom. The molecule has 112 valence electrons. The molecule has 0 aromatic heterocycles. The lowest BCUT2D eigenvalue weighted by atomic mass is 9.98. The highest BCUT2D eigenvalue weighted by molar-refractivity contribution is 6.31. The summed E-state index contributed by atoms with van der Waals surface area (Å²) in [5, 5.41) is 4.63. The van der Waals surface area contributed by atoms with Gasteiger partial charge in [-0.25, -0.2) is 4.39 Å². The number of halogens is 3. The molecule has 0 aliphatic carbocycles. The Labute approximate surface area is 135 Å². The Morgan fingerprint density at radius 3 is 2.52 bits per heavy atom. The van der Waals surface area contributed by atoms with Crippen molar-refractivity contribution in [2.24, 2.45) is 0 Å². The third-order valence-electron chi connectivity index (χ3n) is 3.36. The van der Waals surface area contributed by atoms with E-state index in [9.17, 15) is 4.39 Å². The van der Waals surface area contributed by atoms with Crippen molar-refractivity contribution < 1.29 is 4.39 Å². The molecule has 0 aliphatic heterocycles. The van der Waals surface area contributed by atoms with Crippen molar-refractivity contribution in [3.05, 3.63) is 69.5 Å². The van der Waals surface area contributed by atoms with Gasteiger partial charge in [-0.05, 0) is 48.7 Å². The minimum absolute atomic E-state index is 0.0120. The molecule has 1 unspecified atom stereocenters. The molecule has 1 nitrogen and oxygen atoms in total. The number of hydrogen-bond acceptors (Lipinski definition) is 1. The summed E-state index contributed by atoms with van der Waals surface area (Å²) < 4.78 is 13.2. The van der Waals surface area contributed by atoms with E-state index in [-0.39, 0.29) is 11.9 Å². The predicted octanol–water partition coefficient (Wildman–Crippen LogP) is 5.42. The van der Waals surface area contributed by atoms with Gasteiger partial charge in [0.05, 0.1) is 0 Å². The van der Waals surface area contributed by atoms with E-state index in [1.54, 1.807) is 6.07 Å². The summed E-state index contributed by atoms with van der Waals surface area (Å²) in [6.45, 7) is 2.97. The van der Waals surface area contributed by atoms with Gasteiger partial charge in [0.2, 0.25) is 0 Å². The Balaban J connectivity index is 2.27. The number of hydrogen-bond donors (Lipinski definition) is 1. The number of nitrogens with one attached hydrogen (secondary N) is 1. The highest BCUT2D eigenvalue weighted by Gasteiger charge is 2.16. The fourth-order valence-corrected chi connectivity index (χ4v) is 2.79. The fraction of sp³-hybridized carbons (Fsp3) is 0.294. The van der Waals surface area contributed by atoms with Gasteiger partial charge in [-0.15, -0.1) is 0 Å². The van der Waals surface area contributed by atoms with Crippen LogP contribution in [0.1, 0.15) is 30.5 Å². The highest BCUT2D eigenvalue weighted by Crippen LogP contribution is 2.28. The number of rotatable bonds is 6. The van der Waals surface area contributed by atoms with Crippen molar-refractivity contribution in [2.75, 3.05) is 6.54 Å². The Kier molecular flexibility index (Phi) is 6.04. The van der Waals surface area contributed by atoms with Crippen molar-refractivity contribution in [1.29, 1.82) is 0 Å². The summed E-state index contributed by atoms with van der Waals surface area (Å²) in [6.07, 6.45) is 1.73. The van der Waals surface area contributed by atoms with E-state index < -0.39 is 0 Å². The van der Waals surface area contributed by atoms with Gasteiger partial charge in [0, 0.05) is 16.1 Å². The number of benzene rings is 2. The van der Waals surface area contributed by atoms with Gasteiger partial charge in [0.15, 0.2) is 0 Å². The molecule has 1 N–H and O–H groups in total. The van der Waals surface area contributed by atoms with Crippen LogP contribution in [-0.4, -0.2) is 6.54 Å². The smallest absolute Gasteiger partial charge is 0.124 e. The van der Waals surface area contributed by atoms with Gasteiger partial charge >= 0.3 is 0 Å². The van der Waals surface area contributed by atoms with Gasteiger partial charge in [-0.3, -0.25) is 0 Å². The minimum Gasteiger partial charge on any atom is -0.310 e. The van der Waals surface area contributed by atoms with Crippen LogP contribution in [0.15, 0.2) is 42.5 Å². The van der Waals surface area contributed by atoms with E-state index in [1.165, 1.54) is 12.1 Å². The molecule has 1 atom stereocenters. The first-order chi connectivity index (χ1) is 10.1. The van der Waals surface area contributed by atoms with E-state index >= 15 is 0 Å². The standard InChI is InChI=1S/C17H18Cl2FN/c1-2-9-21-17(10-12-5-3-4-6-15(12)18)14-8-7-13(20)11-16(14)19/h3-8,11,17,21H,2,9-10H2,1H3. The summed E-state index contributed by atoms with van der Waals surface area (Å²) in [7, 11) is 0. The molecule has 0 amide bonds. The summed E-state index contributed by atoms with van der Waals surface area (Å²) in [4.78, 5) is 0. The summed E-state index contributed by atoms with van der Waals surface area (Å²) in [5.74, 6) is -0.323. The molecule has 2 aromatic rings. The molecule has 0 aliphatic rings. The summed E-state index contributed by atoms with van der Waals surface area (Å²) in [5.41, 5.74) is 1.94. The predicted molar refractivity (Wildman–Crippen MR) is 87.6 cm³/mol. The van der Waals surface area contributed by atoms with Crippen molar-refractivity contribution in [3.63, 3.8) is 0 Å². The molecule has 0 saturated heterocycles. The molecule has 0 saturated carbocycles. The zero-order valence-electron chi connectivity index (χ0n) is 11.9. The average Bonchev–Trinajstić information content (AvgIpc) is 2.46. The van der Waals surface area contributed by atoms with Crippen molar-refractivity contribution in [1.82, 2.24) is 5.32 Å². The molecule has 21 heavy (non-hydrogen) atoms. The molecule has 0 heterocycles. The first kappa shape index (κ1) is 16.3. The lowest BCUT2D eigenvalue weighted by molar-refractivity contribution is 0.528. The van der Waals surface area contributed by atoms with E-state index in [0.717, 1.165) is 29.1 Å². The second-order valence-corrected chi connectivity index (χ2v) is 5.78. The summed E-state index contributed by atoms with van der Waals surface area (Å²) >= 11 is 12.4. The molecular weight excluding hydrogens is 308 g/mol. The van der Waals surface area contributed by atoms with Crippen LogP contribution in [0.5, 0.6) is 0 Å². The lowest BCUT2D eigenvalue weighted by Gasteiger charge is -2.21. The average molecular weight is 326 g/mol. The Hall–Kier alpha value is -1.09. The zero-order chi connectivity index (χ0) is 15.2. The van der Waals surface area contributed by atoms with Crippen molar-refractivity contribution >= 4 is 23.2 Å². The third kappa shape index (κ3) is 4.44. The van der Waals surface area contributed by atoms with Crippen LogP contribution in [-0.2, 0) is 6.42 Å². The van der Waals surface area contributed by atoms with Crippen molar-refractivity contribution in [3.8, 4) is 0 Å². The quantitative estimate of drug-likeness (QED) is 0.748. The largest absolute Gasteiger partial charge is 0.310 e. The topological polar surface area (TPSA) is 12.0 Å². The van der Waals surface area contributed by atoms with E-state index in [4.69, 9.17) is 23.2 Å². The van der Waals surface area contributed by atoms with E-state index in [0.29, 0.717) is 11.4 Å². The molecule has 2 rings (SSSR count). The molecule has 2 aromatic carbocycles. The zero-order valence-corrected chi connectivity index (χ0v) is 13.4. The molecule has 4 heteroatoms. The van der Waals surface area contributed by atoms with Crippen LogP contribution >= 0.6 is 23.2 Å². The molecule has 0 radical (unpaired) electrons. The minimum atomic E-state index is -0.323. The van der Waals surface area contributed by atoms with Gasteiger partial charge < -0.3 is 5.32 Å². The van der Waals surface area contributed by atoms with Gasteiger partial charge in [0.1, 0.15) is 5.82 Å². The van der Waals surface area contributed by atoms with Crippen LogP contribution in [0.4, 0.5) is 4.39 Å². The SMILES string of the molecule is CCCNC(Cc1ccccc1Cl)c1ccc(F)cc1Cl. The maximum absolute atomic E-state index is 13.2. The molecular formula is C17H18Cl2FN. The molecule has 0 fully saturated rings. The Bertz CT molecular complexity index is 601. The van der Waals surface area contributed by atoms with Gasteiger partial charge in [0.25, 0.3) is 0 Å². The monoisotopic (exact) mass is 325 g/mol. The molecule has 0 bridgehead atoms. The van der Waals surface area contributed by atoms with Crippen LogP contribution < -0.4 is 5.32 Å². The molecule has 0 spiro atoms. The fourth-order valence-electron chi connectivity index (χ4n) is 2.28. The first-order valence-electron chi connectivity index (χ1n) is 7.03. The third-order valence-corrected chi connectivity index (χ3v) is 4.06. The van der Waals surface area contributed by atoms with Crippen LogP contribution in [0.25, 0.3) is 0 Å². The second-order valence-electron chi connectivity index (χ2n) is 4.97. The van der Waals surface area contributed by atoms with E-state index in [2.05, 4.69) is 12.2 Å². The maximum atomic E-state index is 13.2. The lowest BCUT2D eigenvalue weighted by Crippen LogP contribution is -2.24. The second kappa shape index (κ2) is 7.79. The normalized spacial score (nSPS) is 12.4. The highest BCUT2D eigenvalue weighted by atomic mass is 35.5.